The van der Waals surface area contributed by atoms with Gasteiger partial charge in [-0.15, -0.1) is 93.4 Å². The molecule has 4 heteroatoms. The number of aryl methyl sites for hydroxylation is 2. The maximum Gasteiger partial charge on any atom is -0.0112 e. The van der Waals surface area contributed by atoms with Crippen LogP contribution in [0.5, 0.6) is 0 Å². The molecule has 0 fully saturated rings. The molecule has 0 aliphatic rings. The van der Waals surface area contributed by atoms with Crippen molar-refractivity contribution in [3.05, 3.63) is 220 Å². The van der Waals surface area contributed by atoms with Gasteiger partial charge in [-0.25, -0.2) is 0 Å². The van der Waals surface area contributed by atoms with Crippen molar-refractivity contribution in [2.45, 2.75) is 13.8 Å². The van der Waals surface area contributed by atoms with Crippen LogP contribution >= 0.6 is 24.8 Å². The molecule has 2 radical (unpaired) electrons. The predicted molar refractivity (Wildman–Crippen MR) is 268 cm³/mol. The van der Waals surface area contributed by atoms with Gasteiger partial charge in [0.2, 0.25) is 0 Å². The molecule has 0 aliphatic carbocycles. The first-order chi connectivity index (χ1) is 27.6. The molecule has 0 heterocycles. The molecule has 0 N–H and O–H groups in total. The van der Waals surface area contributed by atoms with E-state index >= 15 is 0 Å². The summed E-state index contributed by atoms with van der Waals surface area (Å²) in [5.74, 6) is 0. The fourth-order valence-corrected chi connectivity index (χ4v) is 8.66. The zero-order valence-electron chi connectivity index (χ0n) is 34.3. The van der Waals surface area contributed by atoms with Crippen molar-refractivity contribution in [3.63, 3.8) is 0 Å². The Hall–Kier alpha value is -5.08. The van der Waals surface area contributed by atoms with Crippen LogP contribution in [0.15, 0.2) is 194 Å². The van der Waals surface area contributed by atoms with Gasteiger partial charge >= 0.3 is 30.2 Å². The van der Waals surface area contributed by atoms with E-state index in [1.807, 2.05) is 0 Å². The van der Waals surface area contributed by atoms with E-state index < -0.39 is 0 Å². The molecule has 296 valence electrons. The van der Waals surface area contributed by atoms with Crippen LogP contribution < -0.4 is 0 Å². The Morgan fingerprint density at radius 2 is 0.833 bits per heavy atom. The number of benzene rings is 9. The van der Waals surface area contributed by atoms with E-state index in [0.29, 0.717) is 0 Å². The van der Waals surface area contributed by atoms with Crippen molar-refractivity contribution in [1.29, 1.82) is 0 Å². The van der Waals surface area contributed by atoms with Crippen molar-refractivity contribution < 1.29 is 23.3 Å². The summed E-state index contributed by atoms with van der Waals surface area (Å²) < 4.78 is 0. The molecule has 0 nitrogen and oxygen atoms in total. The van der Waals surface area contributed by atoms with E-state index in [2.05, 4.69) is 215 Å². The quantitative estimate of drug-likeness (QED) is 0.0941. The Bertz CT molecular complexity index is 3220. The normalized spacial score (nSPS) is 10.4. The smallest absolute Gasteiger partial charge is 0.0112 e. The van der Waals surface area contributed by atoms with Gasteiger partial charge in [-0.1, -0.05) is 188 Å². The monoisotopic (exact) mass is 906 g/mol. The maximum absolute atomic E-state index is 3.06. The summed E-state index contributed by atoms with van der Waals surface area (Å²) >= 11 is 1.36. The average molecular weight is 909 g/mol. The summed E-state index contributed by atoms with van der Waals surface area (Å²) in [4.78, 5) is 0. The van der Waals surface area contributed by atoms with Crippen LogP contribution in [-0.4, -0.2) is 6.88 Å². The Balaban J connectivity index is 0.000000222. The van der Waals surface area contributed by atoms with Crippen LogP contribution in [0, 0.1) is 28.7 Å². The van der Waals surface area contributed by atoms with Gasteiger partial charge in [-0.3, -0.25) is 0 Å². The summed E-state index contributed by atoms with van der Waals surface area (Å²) in [6.07, 6.45) is 0. The Morgan fingerprint density at radius 3 is 1.47 bits per heavy atom. The second-order valence-corrected chi connectivity index (χ2v) is 14.6. The van der Waals surface area contributed by atoms with Crippen molar-refractivity contribution in [3.8, 4) is 33.4 Å². The van der Waals surface area contributed by atoms with Crippen LogP contribution in [0.25, 0.3) is 98.0 Å². The molecule has 0 unspecified atom stereocenters. The third kappa shape index (κ3) is 8.45. The topological polar surface area (TPSA) is 0 Å². The number of fused-ring (bicyclic) bond motifs is 7. The molecular formula is C56H46Cl2SiZr-4. The molecule has 0 saturated heterocycles. The molecular weight excluding hydrogens is 863 g/mol. The molecule has 0 amide bonds. The van der Waals surface area contributed by atoms with Gasteiger partial charge in [0.15, 0.2) is 0 Å². The van der Waals surface area contributed by atoms with E-state index in [4.69, 9.17) is 0 Å². The van der Waals surface area contributed by atoms with Crippen molar-refractivity contribution >= 4 is 96.3 Å². The zero-order chi connectivity index (χ0) is 38.2. The van der Waals surface area contributed by atoms with Crippen molar-refractivity contribution in [1.82, 2.24) is 0 Å². The summed E-state index contributed by atoms with van der Waals surface area (Å²) in [6.45, 7) is 7.42. The number of hydrogen-bond donors (Lipinski definition) is 0. The molecule has 0 aromatic heterocycles. The standard InChI is InChI=1S/C33H21.C21H17.2CH3.2ClH.Si.Zr/c1-3-12-26-22(8-1)10-5-15-29(26)31-16-6-11-24-20-25(21-33(24)31)28-14-7-17-30-27-13-4-2-9-23(27)18-19-32(28)30;1-14-12-20-15(2)10-11-19(21(20)13-14)18-9-5-7-16-6-3-4-8-17(16)18;;;;;;/h1-21H;3-13H,1-2H3;2*1H3;2*1H;;/q4*-1;;;;. The second kappa shape index (κ2) is 20.0. The minimum absolute atomic E-state index is 0. The Morgan fingerprint density at radius 1 is 0.367 bits per heavy atom. The summed E-state index contributed by atoms with van der Waals surface area (Å²) in [5.41, 5.74) is 10.5. The number of hydrogen-bond acceptors (Lipinski definition) is 0. The Labute approximate surface area is 384 Å². The summed E-state index contributed by atoms with van der Waals surface area (Å²) in [7, 11) is 0. The van der Waals surface area contributed by atoms with Gasteiger partial charge in [0.1, 0.15) is 0 Å². The first kappa shape index (κ1) is 46.0. The van der Waals surface area contributed by atoms with E-state index in [-0.39, 0.29) is 39.7 Å². The molecule has 60 heavy (non-hydrogen) atoms. The van der Waals surface area contributed by atoms with E-state index in [0.717, 1.165) is 0 Å². The van der Waals surface area contributed by atoms with Crippen LogP contribution in [0.1, 0.15) is 11.1 Å². The zero-order valence-corrected chi connectivity index (χ0v) is 39.4. The first-order valence-corrected chi connectivity index (χ1v) is 23.3. The molecule has 0 aliphatic heterocycles. The van der Waals surface area contributed by atoms with Gasteiger partial charge in [0.25, 0.3) is 0 Å². The minimum Gasteiger partial charge on any atom is -0.144 e. The second-order valence-electron chi connectivity index (χ2n) is 14.6. The molecule has 0 bridgehead atoms. The molecule has 0 saturated carbocycles. The summed E-state index contributed by atoms with van der Waals surface area (Å²) in [5, 5.41) is 15.7. The van der Waals surface area contributed by atoms with Gasteiger partial charge in [0.05, 0.1) is 0 Å². The van der Waals surface area contributed by atoms with Crippen molar-refractivity contribution in [2.75, 3.05) is 0 Å². The molecule has 11 aromatic carbocycles. The average Bonchev–Trinajstić information content (AvgIpc) is 3.88. The number of rotatable bonds is 3. The van der Waals surface area contributed by atoms with E-state index in [1.54, 1.807) is 0 Å². The van der Waals surface area contributed by atoms with Gasteiger partial charge in [-0.05, 0) is 54.2 Å². The molecule has 11 rings (SSSR count). The molecule has 0 spiro atoms. The third-order valence-corrected chi connectivity index (χ3v) is 11.3. The Kier molecular flexibility index (Phi) is 15.3. The fraction of sp³-hybridized carbons (Fsp3) is 0.0357. The fourth-order valence-electron chi connectivity index (χ4n) is 8.66. The molecule has 11 aromatic rings. The van der Waals surface area contributed by atoms with Gasteiger partial charge in [0, 0.05) is 0 Å². The summed E-state index contributed by atoms with van der Waals surface area (Å²) in [6, 6.07) is 70.7. The van der Waals surface area contributed by atoms with Crippen LogP contribution in [0.3, 0.4) is 0 Å². The predicted octanol–water partition coefficient (Wildman–Crippen LogP) is 16.7. The SMILES string of the molecule is Cc1cc2c(-c3cccc4ccccc34)ccc(C)c2[cH-]1.Cl.Cl.[CH3-].[CH3-].[Si]=[Zr].c1ccc2c(-c3cccc4[cH-]c(-c5cccc6c5ccc5ccccc56)cc34)cccc2c1. The first-order valence-electron chi connectivity index (χ1n) is 19.1. The maximum atomic E-state index is 3.06. The largest absolute Gasteiger partial charge is 0.144 e. The molecule has 0 atom stereocenters. The number of halogens is 2. The van der Waals surface area contributed by atoms with Gasteiger partial charge < -0.3 is 14.9 Å². The van der Waals surface area contributed by atoms with E-state index in [1.165, 1.54) is 132 Å². The third-order valence-electron chi connectivity index (χ3n) is 11.3. The van der Waals surface area contributed by atoms with Crippen LogP contribution in [0.4, 0.5) is 0 Å². The van der Waals surface area contributed by atoms with Gasteiger partial charge in [-0.2, -0.15) is 6.07 Å². The minimum atomic E-state index is 0. The van der Waals surface area contributed by atoms with Crippen LogP contribution in [0.2, 0.25) is 0 Å². The van der Waals surface area contributed by atoms with Crippen LogP contribution in [-0.2, 0) is 23.3 Å². The van der Waals surface area contributed by atoms with E-state index in [9.17, 15) is 0 Å². The van der Waals surface area contributed by atoms with Crippen molar-refractivity contribution in [2.24, 2.45) is 0 Å².